The first-order chi connectivity index (χ1) is 11.7. The minimum Gasteiger partial charge on any atom is -0.297 e. The van der Waals surface area contributed by atoms with E-state index in [4.69, 9.17) is 0 Å². The highest BCUT2D eigenvalue weighted by Crippen LogP contribution is 2.38. The number of hydrogen-bond acceptors (Lipinski definition) is 6. The first-order valence-corrected chi connectivity index (χ1v) is 9.58. The zero-order valence-electron chi connectivity index (χ0n) is 14.0. The van der Waals surface area contributed by atoms with Gasteiger partial charge in [-0.2, -0.15) is 5.10 Å². The maximum absolute atomic E-state index is 12.1. The van der Waals surface area contributed by atoms with Crippen LogP contribution in [-0.4, -0.2) is 38.0 Å². The summed E-state index contributed by atoms with van der Waals surface area (Å²) in [5, 5.41) is 15.0. The lowest BCUT2D eigenvalue weighted by Crippen LogP contribution is -2.36. The molecule has 2 aliphatic rings. The van der Waals surface area contributed by atoms with E-state index in [1.807, 2.05) is 13.0 Å². The summed E-state index contributed by atoms with van der Waals surface area (Å²) in [6, 6.07) is 3.59. The molecule has 6 nitrogen and oxygen atoms in total. The monoisotopic (exact) mass is 345 g/mol. The summed E-state index contributed by atoms with van der Waals surface area (Å²) in [4.78, 5) is 14.5. The van der Waals surface area contributed by atoms with Crippen LogP contribution in [0.2, 0.25) is 0 Å². The van der Waals surface area contributed by atoms with E-state index >= 15 is 0 Å². The van der Waals surface area contributed by atoms with Gasteiger partial charge < -0.3 is 0 Å². The lowest BCUT2D eigenvalue weighted by molar-refractivity contribution is 0.163. The van der Waals surface area contributed by atoms with Gasteiger partial charge in [0.25, 0.3) is 5.56 Å². The zero-order valence-corrected chi connectivity index (χ0v) is 14.8. The Morgan fingerprint density at radius 3 is 2.62 bits per heavy atom. The Kier molecular flexibility index (Phi) is 4.45. The Morgan fingerprint density at radius 1 is 1.17 bits per heavy atom. The number of piperidine rings is 1. The zero-order chi connectivity index (χ0) is 16.5. The van der Waals surface area contributed by atoms with Crippen LogP contribution in [0.25, 0.3) is 0 Å². The van der Waals surface area contributed by atoms with Gasteiger partial charge in [0, 0.05) is 18.5 Å². The quantitative estimate of drug-likeness (QED) is 0.831. The molecule has 1 aliphatic heterocycles. The summed E-state index contributed by atoms with van der Waals surface area (Å²) in [5.74, 6) is 1.13. The van der Waals surface area contributed by atoms with E-state index in [1.54, 1.807) is 22.1 Å². The second-order valence-corrected chi connectivity index (χ2v) is 8.25. The number of aromatic nitrogens is 4. The van der Waals surface area contributed by atoms with E-state index in [1.165, 1.54) is 12.8 Å². The van der Waals surface area contributed by atoms with Crippen LogP contribution in [0.1, 0.15) is 47.3 Å². The molecule has 24 heavy (non-hydrogen) atoms. The van der Waals surface area contributed by atoms with Gasteiger partial charge in [-0.3, -0.25) is 9.69 Å². The largest absolute Gasteiger partial charge is 0.297 e. The molecule has 1 aliphatic carbocycles. The minimum atomic E-state index is 0.0335. The molecule has 0 spiro atoms. The van der Waals surface area contributed by atoms with Crippen LogP contribution in [0.5, 0.6) is 0 Å². The van der Waals surface area contributed by atoms with E-state index in [2.05, 4.69) is 20.2 Å². The van der Waals surface area contributed by atoms with Crippen molar-refractivity contribution in [2.24, 2.45) is 5.92 Å². The van der Waals surface area contributed by atoms with Gasteiger partial charge in [0.15, 0.2) is 0 Å². The molecular formula is C17H23N5OS. The van der Waals surface area contributed by atoms with E-state index in [0.717, 1.165) is 54.7 Å². The van der Waals surface area contributed by atoms with Crippen LogP contribution in [0, 0.1) is 12.8 Å². The SMILES string of the molecule is Cc1nnc(CN2CCC(Cn3nc(C4CC4)ccc3=O)CC2)s1. The molecule has 1 saturated heterocycles. The Balaban J connectivity index is 1.33. The lowest BCUT2D eigenvalue weighted by atomic mass is 9.97. The molecule has 0 radical (unpaired) electrons. The van der Waals surface area contributed by atoms with Crippen molar-refractivity contribution < 1.29 is 0 Å². The first kappa shape index (κ1) is 15.9. The predicted molar refractivity (Wildman–Crippen MR) is 93.1 cm³/mol. The second kappa shape index (κ2) is 6.72. The molecular weight excluding hydrogens is 322 g/mol. The summed E-state index contributed by atoms with van der Waals surface area (Å²) >= 11 is 1.68. The Morgan fingerprint density at radius 2 is 1.96 bits per heavy atom. The van der Waals surface area contributed by atoms with Gasteiger partial charge in [-0.05, 0) is 57.7 Å². The maximum atomic E-state index is 12.1. The number of rotatable bonds is 5. The van der Waals surface area contributed by atoms with Crippen molar-refractivity contribution in [1.82, 2.24) is 24.9 Å². The van der Waals surface area contributed by atoms with Crippen LogP contribution in [0.15, 0.2) is 16.9 Å². The van der Waals surface area contributed by atoms with Gasteiger partial charge in [0.1, 0.15) is 10.0 Å². The van der Waals surface area contributed by atoms with Gasteiger partial charge in [-0.1, -0.05) is 0 Å². The molecule has 0 unspecified atom stereocenters. The van der Waals surface area contributed by atoms with E-state index < -0.39 is 0 Å². The molecule has 0 amide bonds. The lowest BCUT2D eigenvalue weighted by Gasteiger charge is -2.31. The standard InChI is InChI=1S/C17H23N5OS/c1-12-18-19-16(24-12)11-21-8-6-13(7-9-21)10-22-17(23)5-4-15(20-22)14-2-3-14/h4-5,13-14H,2-3,6-11H2,1H3. The molecule has 1 saturated carbocycles. The third-order valence-electron chi connectivity index (χ3n) is 4.95. The second-order valence-electron chi connectivity index (χ2n) is 6.99. The average molecular weight is 345 g/mol. The topological polar surface area (TPSA) is 63.9 Å². The van der Waals surface area contributed by atoms with Crippen molar-refractivity contribution in [3.63, 3.8) is 0 Å². The third kappa shape index (κ3) is 3.72. The predicted octanol–water partition coefficient (Wildman–Crippen LogP) is 2.19. The molecule has 128 valence electrons. The van der Waals surface area contributed by atoms with Crippen molar-refractivity contribution >= 4 is 11.3 Å². The normalized spacial score (nSPS) is 19.7. The van der Waals surface area contributed by atoms with E-state index in [0.29, 0.717) is 11.8 Å². The molecule has 2 fully saturated rings. The van der Waals surface area contributed by atoms with Crippen molar-refractivity contribution in [3.05, 3.63) is 38.2 Å². The van der Waals surface area contributed by atoms with Crippen LogP contribution in [0.3, 0.4) is 0 Å². The van der Waals surface area contributed by atoms with Crippen LogP contribution < -0.4 is 5.56 Å². The number of likely N-dealkylation sites (tertiary alicyclic amines) is 1. The number of hydrogen-bond donors (Lipinski definition) is 0. The molecule has 2 aromatic rings. The van der Waals surface area contributed by atoms with E-state index in [-0.39, 0.29) is 5.56 Å². The summed E-state index contributed by atoms with van der Waals surface area (Å²) in [6.07, 6.45) is 4.66. The van der Waals surface area contributed by atoms with Crippen molar-refractivity contribution in [2.75, 3.05) is 13.1 Å². The molecule has 0 N–H and O–H groups in total. The van der Waals surface area contributed by atoms with Gasteiger partial charge in [0.05, 0.1) is 12.2 Å². The fourth-order valence-electron chi connectivity index (χ4n) is 3.36. The highest BCUT2D eigenvalue weighted by atomic mass is 32.1. The van der Waals surface area contributed by atoms with Gasteiger partial charge in [-0.15, -0.1) is 21.5 Å². The van der Waals surface area contributed by atoms with E-state index in [9.17, 15) is 4.79 Å². The number of aryl methyl sites for hydroxylation is 1. The van der Waals surface area contributed by atoms with Crippen LogP contribution in [-0.2, 0) is 13.1 Å². The van der Waals surface area contributed by atoms with Gasteiger partial charge in [-0.25, -0.2) is 4.68 Å². The molecule has 7 heteroatoms. The smallest absolute Gasteiger partial charge is 0.266 e. The fourth-order valence-corrected chi connectivity index (χ4v) is 4.11. The van der Waals surface area contributed by atoms with Crippen LogP contribution >= 0.6 is 11.3 Å². The molecule has 0 bridgehead atoms. The van der Waals surface area contributed by atoms with Crippen LogP contribution in [0.4, 0.5) is 0 Å². The van der Waals surface area contributed by atoms with Crippen molar-refractivity contribution in [2.45, 2.75) is 51.6 Å². The molecule has 3 heterocycles. The van der Waals surface area contributed by atoms with Gasteiger partial charge >= 0.3 is 0 Å². The Labute approximate surface area is 145 Å². The van der Waals surface area contributed by atoms with Crippen molar-refractivity contribution in [3.8, 4) is 0 Å². The third-order valence-corrected chi connectivity index (χ3v) is 5.77. The van der Waals surface area contributed by atoms with Crippen molar-refractivity contribution in [1.29, 1.82) is 0 Å². The molecule has 4 rings (SSSR count). The summed E-state index contributed by atoms with van der Waals surface area (Å²) < 4.78 is 1.70. The number of nitrogens with zero attached hydrogens (tertiary/aromatic N) is 5. The maximum Gasteiger partial charge on any atom is 0.266 e. The molecule has 0 aromatic carbocycles. The Bertz CT molecular complexity index is 758. The molecule has 2 aromatic heterocycles. The first-order valence-electron chi connectivity index (χ1n) is 8.77. The summed E-state index contributed by atoms with van der Waals surface area (Å²) in [6.45, 7) is 5.76. The highest BCUT2D eigenvalue weighted by Gasteiger charge is 2.26. The average Bonchev–Trinajstić information content (AvgIpc) is 3.35. The molecule has 0 atom stereocenters. The summed E-state index contributed by atoms with van der Waals surface area (Å²) in [5.41, 5.74) is 1.13. The van der Waals surface area contributed by atoms with Gasteiger partial charge in [0.2, 0.25) is 0 Å². The fraction of sp³-hybridized carbons (Fsp3) is 0.647. The minimum absolute atomic E-state index is 0.0335. The summed E-state index contributed by atoms with van der Waals surface area (Å²) in [7, 11) is 0. The Hall–Kier alpha value is -1.60. The highest BCUT2D eigenvalue weighted by molar-refractivity contribution is 7.11.